The Hall–Kier alpha value is -1.22. The first-order valence-corrected chi connectivity index (χ1v) is 8.01. The molecule has 1 unspecified atom stereocenters. The summed E-state index contributed by atoms with van der Waals surface area (Å²) in [7, 11) is 1.66. The third kappa shape index (κ3) is 3.03. The summed E-state index contributed by atoms with van der Waals surface area (Å²) in [6, 6.07) is 6.02. The van der Waals surface area contributed by atoms with Gasteiger partial charge >= 0.3 is 0 Å². The highest BCUT2D eigenvalue weighted by molar-refractivity contribution is 6.18. The van der Waals surface area contributed by atoms with Crippen molar-refractivity contribution < 1.29 is 9.53 Å². The summed E-state index contributed by atoms with van der Waals surface area (Å²) in [6.45, 7) is 6.45. The molecule has 1 aromatic rings. The summed E-state index contributed by atoms with van der Waals surface area (Å²) < 4.78 is 5.52. The van der Waals surface area contributed by atoms with Gasteiger partial charge in [0.25, 0.3) is 0 Å². The van der Waals surface area contributed by atoms with Crippen LogP contribution in [0.2, 0.25) is 0 Å². The molecule has 1 aliphatic rings. The van der Waals surface area contributed by atoms with E-state index in [1.165, 1.54) is 5.56 Å². The molecular formula is C17H24ClNO2. The number of methoxy groups -OCH3 is 1. The van der Waals surface area contributed by atoms with Gasteiger partial charge in [0.15, 0.2) is 0 Å². The number of anilines is 1. The van der Waals surface area contributed by atoms with E-state index < -0.39 is 0 Å². The van der Waals surface area contributed by atoms with Crippen molar-refractivity contribution in [2.45, 2.75) is 51.5 Å². The van der Waals surface area contributed by atoms with Crippen LogP contribution < -0.4 is 9.64 Å². The van der Waals surface area contributed by atoms with Crippen molar-refractivity contribution >= 4 is 23.2 Å². The largest absolute Gasteiger partial charge is 0.495 e. The molecule has 0 radical (unpaired) electrons. The minimum atomic E-state index is -0.218. The molecule has 4 heteroatoms. The van der Waals surface area contributed by atoms with E-state index in [0.717, 1.165) is 17.9 Å². The lowest BCUT2D eigenvalue weighted by Gasteiger charge is -2.46. The molecule has 0 saturated carbocycles. The molecule has 0 saturated heterocycles. The molecule has 1 amide bonds. The molecule has 3 nitrogen and oxygen atoms in total. The topological polar surface area (TPSA) is 29.5 Å². The van der Waals surface area contributed by atoms with Crippen LogP contribution in [0.15, 0.2) is 18.2 Å². The number of benzene rings is 1. The molecule has 0 aliphatic carbocycles. The number of fused-ring (bicyclic) bond motifs is 1. The monoisotopic (exact) mass is 309 g/mol. The molecular weight excluding hydrogens is 286 g/mol. The summed E-state index contributed by atoms with van der Waals surface area (Å²) in [5.41, 5.74) is 1.90. The number of amides is 1. The van der Waals surface area contributed by atoms with E-state index in [-0.39, 0.29) is 11.4 Å². The maximum absolute atomic E-state index is 12.7. The zero-order chi connectivity index (χ0) is 15.6. The summed E-state index contributed by atoms with van der Waals surface area (Å²) in [6.07, 6.45) is 2.12. The van der Waals surface area contributed by atoms with Crippen LogP contribution in [0, 0.1) is 0 Å². The minimum absolute atomic E-state index is 0.123. The van der Waals surface area contributed by atoms with Crippen molar-refractivity contribution in [2.75, 3.05) is 17.9 Å². The molecule has 1 atom stereocenters. The smallest absolute Gasteiger partial charge is 0.227 e. The Morgan fingerprint density at radius 3 is 2.81 bits per heavy atom. The van der Waals surface area contributed by atoms with Crippen LogP contribution >= 0.6 is 11.6 Å². The number of para-hydroxylation sites is 1. The molecule has 1 aromatic carbocycles. The Morgan fingerprint density at radius 2 is 2.19 bits per heavy atom. The average molecular weight is 310 g/mol. The fraction of sp³-hybridized carbons (Fsp3) is 0.588. The number of rotatable bonds is 4. The van der Waals surface area contributed by atoms with Gasteiger partial charge in [0.05, 0.1) is 12.8 Å². The van der Waals surface area contributed by atoms with E-state index in [4.69, 9.17) is 16.3 Å². The van der Waals surface area contributed by atoms with E-state index in [1.807, 2.05) is 17.0 Å². The van der Waals surface area contributed by atoms with Crippen molar-refractivity contribution in [3.8, 4) is 5.75 Å². The van der Waals surface area contributed by atoms with Gasteiger partial charge in [-0.1, -0.05) is 19.1 Å². The first kappa shape index (κ1) is 16.2. The second kappa shape index (κ2) is 6.27. The van der Waals surface area contributed by atoms with E-state index in [0.29, 0.717) is 24.6 Å². The van der Waals surface area contributed by atoms with Crippen LogP contribution in [0.3, 0.4) is 0 Å². The summed E-state index contributed by atoms with van der Waals surface area (Å²) in [5, 5.41) is 0. The van der Waals surface area contributed by atoms with Crippen LogP contribution in [-0.2, 0) is 4.79 Å². The van der Waals surface area contributed by atoms with Gasteiger partial charge in [-0.2, -0.15) is 0 Å². The maximum atomic E-state index is 12.7. The molecule has 21 heavy (non-hydrogen) atoms. The van der Waals surface area contributed by atoms with Crippen molar-refractivity contribution in [3.63, 3.8) is 0 Å². The van der Waals surface area contributed by atoms with Gasteiger partial charge in [0.1, 0.15) is 5.75 Å². The van der Waals surface area contributed by atoms with E-state index in [1.54, 1.807) is 7.11 Å². The highest BCUT2D eigenvalue weighted by Gasteiger charge is 2.41. The fourth-order valence-electron chi connectivity index (χ4n) is 3.39. The summed E-state index contributed by atoms with van der Waals surface area (Å²) >= 11 is 5.74. The van der Waals surface area contributed by atoms with Crippen LogP contribution in [0.1, 0.15) is 51.5 Å². The SMILES string of the molecule is COc1cccc2c1N(C(=O)CCCCl)C(C)(C)CC2C. The second-order valence-corrected chi connectivity index (χ2v) is 6.72. The van der Waals surface area contributed by atoms with Crippen LogP contribution in [0.4, 0.5) is 5.69 Å². The Labute approximate surface area is 132 Å². The molecule has 0 N–H and O–H groups in total. The van der Waals surface area contributed by atoms with E-state index in [9.17, 15) is 4.79 Å². The van der Waals surface area contributed by atoms with Crippen LogP contribution in [-0.4, -0.2) is 24.4 Å². The minimum Gasteiger partial charge on any atom is -0.495 e. The Morgan fingerprint density at radius 1 is 1.48 bits per heavy atom. The lowest BCUT2D eigenvalue weighted by atomic mass is 9.79. The number of hydrogen-bond donors (Lipinski definition) is 0. The number of nitrogens with zero attached hydrogens (tertiary/aromatic N) is 1. The van der Waals surface area contributed by atoms with Gasteiger partial charge < -0.3 is 9.64 Å². The molecule has 1 heterocycles. The maximum Gasteiger partial charge on any atom is 0.227 e. The molecule has 1 aliphatic heterocycles. The van der Waals surface area contributed by atoms with Crippen LogP contribution in [0.25, 0.3) is 0 Å². The Balaban J connectivity index is 2.52. The molecule has 0 aromatic heterocycles. The van der Waals surface area contributed by atoms with E-state index in [2.05, 4.69) is 26.8 Å². The van der Waals surface area contributed by atoms with Gasteiger partial charge in [-0.25, -0.2) is 0 Å². The first-order valence-electron chi connectivity index (χ1n) is 7.48. The average Bonchev–Trinajstić information content (AvgIpc) is 2.43. The number of alkyl halides is 1. The van der Waals surface area contributed by atoms with Crippen LogP contribution in [0.5, 0.6) is 5.75 Å². The van der Waals surface area contributed by atoms with Gasteiger partial charge in [0, 0.05) is 17.8 Å². The highest BCUT2D eigenvalue weighted by atomic mass is 35.5. The molecule has 0 spiro atoms. The predicted molar refractivity (Wildman–Crippen MR) is 87.5 cm³/mol. The number of carbonyl (C=O) groups excluding carboxylic acids is 1. The highest BCUT2D eigenvalue weighted by Crippen LogP contribution is 2.47. The number of ether oxygens (including phenoxy) is 1. The quantitative estimate of drug-likeness (QED) is 0.775. The molecule has 0 fully saturated rings. The van der Waals surface area contributed by atoms with Crippen molar-refractivity contribution in [1.29, 1.82) is 0 Å². The third-order valence-corrected chi connectivity index (χ3v) is 4.46. The lowest BCUT2D eigenvalue weighted by molar-refractivity contribution is -0.119. The predicted octanol–water partition coefficient (Wildman–Crippen LogP) is 4.33. The van der Waals surface area contributed by atoms with Crippen molar-refractivity contribution in [3.05, 3.63) is 23.8 Å². The van der Waals surface area contributed by atoms with Crippen molar-refractivity contribution in [2.24, 2.45) is 0 Å². The zero-order valence-corrected chi connectivity index (χ0v) is 14.0. The van der Waals surface area contributed by atoms with Gasteiger partial charge in [-0.05, 0) is 44.2 Å². The fourth-order valence-corrected chi connectivity index (χ4v) is 3.52. The third-order valence-electron chi connectivity index (χ3n) is 4.19. The molecule has 116 valence electrons. The molecule has 2 rings (SSSR count). The molecule has 0 bridgehead atoms. The lowest BCUT2D eigenvalue weighted by Crippen LogP contribution is -2.51. The van der Waals surface area contributed by atoms with Gasteiger partial charge in [0.2, 0.25) is 5.91 Å². The Kier molecular flexibility index (Phi) is 4.82. The van der Waals surface area contributed by atoms with Crippen molar-refractivity contribution in [1.82, 2.24) is 0 Å². The summed E-state index contributed by atoms with van der Waals surface area (Å²) in [5.74, 6) is 1.81. The Bertz CT molecular complexity index is 528. The number of halogens is 1. The van der Waals surface area contributed by atoms with Gasteiger partial charge in [-0.3, -0.25) is 4.79 Å². The standard InChI is InChI=1S/C17H24ClNO2/c1-12-11-17(2,3)19(15(20)9-6-10-18)16-13(12)7-5-8-14(16)21-4/h5,7-8,12H,6,9-11H2,1-4H3. The number of hydrogen-bond acceptors (Lipinski definition) is 2. The first-order chi connectivity index (χ1) is 9.92. The number of carbonyl (C=O) groups is 1. The zero-order valence-electron chi connectivity index (χ0n) is 13.3. The second-order valence-electron chi connectivity index (χ2n) is 6.34. The summed E-state index contributed by atoms with van der Waals surface area (Å²) in [4.78, 5) is 14.6. The normalized spacial score (nSPS) is 20.0. The van der Waals surface area contributed by atoms with Gasteiger partial charge in [-0.15, -0.1) is 11.6 Å². The van der Waals surface area contributed by atoms with E-state index >= 15 is 0 Å².